The second-order valence-corrected chi connectivity index (χ2v) is 8.55. The summed E-state index contributed by atoms with van der Waals surface area (Å²) in [6.07, 6.45) is 2.94. The first kappa shape index (κ1) is 21.6. The van der Waals surface area contributed by atoms with Gasteiger partial charge in [-0.2, -0.15) is 0 Å². The minimum Gasteiger partial charge on any atom is -0.480 e. The molecule has 164 valence electrons. The van der Waals surface area contributed by atoms with E-state index in [4.69, 9.17) is 16.3 Å². The number of halogens is 2. The highest BCUT2D eigenvalue weighted by atomic mass is 35.5. The molecule has 0 aromatic heterocycles. The molecule has 0 saturated carbocycles. The molecule has 0 spiro atoms. The van der Waals surface area contributed by atoms with Crippen LogP contribution in [0.3, 0.4) is 0 Å². The lowest BCUT2D eigenvalue weighted by atomic mass is 10.0. The number of amides is 2. The Hall–Kier alpha value is -2.64. The predicted octanol–water partition coefficient (Wildman–Crippen LogP) is 4.23. The number of hydrogen-bond acceptors (Lipinski definition) is 4. The zero-order valence-corrected chi connectivity index (χ0v) is 18.0. The van der Waals surface area contributed by atoms with Crippen LogP contribution in [0.25, 0.3) is 0 Å². The molecule has 2 N–H and O–H groups in total. The van der Waals surface area contributed by atoms with Crippen molar-refractivity contribution < 1.29 is 18.7 Å². The summed E-state index contributed by atoms with van der Waals surface area (Å²) in [6, 6.07) is 9.65. The van der Waals surface area contributed by atoms with Crippen molar-refractivity contribution in [3.63, 3.8) is 0 Å². The molecule has 2 aliphatic rings. The van der Waals surface area contributed by atoms with Crippen LogP contribution in [-0.2, 0) is 16.0 Å². The average molecular weight is 446 g/mol. The van der Waals surface area contributed by atoms with Crippen molar-refractivity contribution in [2.75, 3.05) is 23.7 Å². The Labute approximate surface area is 185 Å². The van der Waals surface area contributed by atoms with Gasteiger partial charge in [-0.3, -0.25) is 14.5 Å². The smallest absolute Gasteiger partial charge is 0.265 e. The Bertz CT molecular complexity index is 1000. The van der Waals surface area contributed by atoms with Gasteiger partial charge >= 0.3 is 0 Å². The zero-order chi connectivity index (χ0) is 22.0. The normalized spacial score (nSPS) is 20.6. The van der Waals surface area contributed by atoms with Crippen molar-refractivity contribution in [2.24, 2.45) is 0 Å². The molecular formula is C23H25ClFN3O3. The molecule has 2 amide bonds. The molecule has 4 rings (SSSR count). The summed E-state index contributed by atoms with van der Waals surface area (Å²) in [4.78, 5) is 27.2. The van der Waals surface area contributed by atoms with E-state index in [1.54, 1.807) is 18.2 Å². The van der Waals surface area contributed by atoms with Crippen LogP contribution in [0.2, 0.25) is 5.02 Å². The first-order valence-electron chi connectivity index (χ1n) is 10.5. The number of piperidine rings is 1. The average Bonchev–Trinajstić information content (AvgIpc) is 3.15. The van der Waals surface area contributed by atoms with E-state index in [2.05, 4.69) is 22.5 Å². The molecule has 6 nitrogen and oxygen atoms in total. The molecule has 1 fully saturated rings. The van der Waals surface area contributed by atoms with Gasteiger partial charge in [0.15, 0.2) is 6.10 Å². The maximum absolute atomic E-state index is 14.3. The van der Waals surface area contributed by atoms with Gasteiger partial charge in [0.25, 0.3) is 5.91 Å². The van der Waals surface area contributed by atoms with Crippen LogP contribution < -0.4 is 15.4 Å². The quantitative estimate of drug-likeness (QED) is 0.722. The Morgan fingerprint density at radius 2 is 2.03 bits per heavy atom. The summed E-state index contributed by atoms with van der Waals surface area (Å²) < 4.78 is 20.0. The maximum atomic E-state index is 14.3. The van der Waals surface area contributed by atoms with E-state index < -0.39 is 17.8 Å². The van der Waals surface area contributed by atoms with E-state index in [1.807, 2.05) is 0 Å². The third-order valence-electron chi connectivity index (χ3n) is 5.78. The summed E-state index contributed by atoms with van der Waals surface area (Å²) in [5.41, 5.74) is 1.25. The van der Waals surface area contributed by atoms with E-state index in [0.717, 1.165) is 24.9 Å². The highest BCUT2D eigenvalue weighted by molar-refractivity contribution is 6.30. The van der Waals surface area contributed by atoms with E-state index in [0.29, 0.717) is 28.9 Å². The lowest BCUT2D eigenvalue weighted by Gasteiger charge is -2.32. The Morgan fingerprint density at radius 1 is 1.19 bits per heavy atom. The van der Waals surface area contributed by atoms with Gasteiger partial charge in [0, 0.05) is 23.2 Å². The predicted molar refractivity (Wildman–Crippen MR) is 118 cm³/mol. The Morgan fingerprint density at radius 3 is 2.84 bits per heavy atom. The van der Waals surface area contributed by atoms with Crippen LogP contribution in [-0.4, -0.2) is 41.9 Å². The second kappa shape index (κ2) is 9.24. The number of hydrogen-bond donors (Lipinski definition) is 2. The number of benzene rings is 2. The first-order chi connectivity index (χ1) is 14.9. The molecule has 2 aromatic carbocycles. The highest BCUT2D eigenvalue weighted by Crippen LogP contribution is 2.32. The number of fused-ring (bicyclic) bond motifs is 1. The van der Waals surface area contributed by atoms with Crippen molar-refractivity contribution in [2.45, 2.75) is 44.8 Å². The van der Waals surface area contributed by atoms with Crippen LogP contribution in [0, 0.1) is 5.82 Å². The molecule has 0 bridgehead atoms. The van der Waals surface area contributed by atoms with Crippen molar-refractivity contribution >= 4 is 34.8 Å². The second-order valence-electron chi connectivity index (χ2n) is 8.11. The lowest BCUT2D eigenvalue weighted by molar-refractivity contribution is -0.122. The van der Waals surface area contributed by atoms with Crippen LogP contribution in [0.15, 0.2) is 36.4 Å². The summed E-state index contributed by atoms with van der Waals surface area (Å²) in [6.45, 7) is 3.31. The van der Waals surface area contributed by atoms with Gasteiger partial charge in [-0.1, -0.05) is 18.0 Å². The fraction of sp³-hybridized carbons (Fsp3) is 0.391. The van der Waals surface area contributed by atoms with Crippen LogP contribution in [0.4, 0.5) is 15.8 Å². The van der Waals surface area contributed by atoms with E-state index >= 15 is 0 Å². The first-order valence-corrected chi connectivity index (χ1v) is 10.9. The molecule has 2 aromatic rings. The molecule has 0 unspecified atom stereocenters. The van der Waals surface area contributed by atoms with Crippen molar-refractivity contribution in [1.82, 2.24) is 4.90 Å². The number of likely N-dealkylation sites (tertiary alicyclic amines) is 1. The third kappa shape index (κ3) is 5.17. The minimum atomic E-state index is -0.772. The number of rotatable bonds is 5. The number of nitrogens with zero attached hydrogens (tertiary/aromatic N) is 1. The number of anilines is 2. The Balaban J connectivity index is 1.37. The van der Waals surface area contributed by atoms with E-state index in [1.165, 1.54) is 24.6 Å². The fourth-order valence-electron chi connectivity index (χ4n) is 4.05. The minimum absolute atomic E-state index is 0.00766. The van der Waals surface area contributed by atoms with Gasteiger partial charge in [0.2, 0.25) is 5.91 Å². The highest BCUT2D eigenvalue weighted by Gasteiger charge is 2.30. The summed E-state index contributed by atoms with van der Waals surface area (Å²) >= 11 is 5.99. The Kier molecular flexibility index (Phi) is 6.43. The number of carbonyl (C=O) groups excluding carboxylic acids is 2. The SMILES string of the molecule is C[C@@H]1CCCCN1CC(=O)Nc1ccc(F)c(NC(=O)[C@@H]2Cc3cc(Cl)ccc3O2)c1. The molecule has 2 aliphatic heterocycles. The van der Waals surface area contributed by atoms with Gasteiger partial charge in [-0.05, 0) is 68.3 Å². The fourth-order valence-corrected chi connectivity index (χ4v) is 4.25. The van der Waals surface area contributed by atoms with Crippen molar-refractivity contribution in [3.8, 4) is 5.75 Å². The number of nitrogens with one attached hydrogen (secondary N) is 2. The standard InChI is InChI=1S/C23H25ClFN3O3/c1-14-4-2-3-9-28(14)13-22(29)26-17-6-7-18(25)19(12-17)27-23(30)21-11-15-10-16(24)5-8-20(15)31-21/h5-8,10,12,14,21H,2-4,9,11,13H2,1H3,(H,26,29)(H,27,30)/t14-,21+/m1/s1. The summed E-state index contributed by atoms with van der Waals surface area (Å²) in [5.74, 6) is -0.617. The van der Waals surface area contributed by atoms with Crippen LogP contribution >= 0.6 is 11.6 Å². The molecule has 2 atom stereocenters. The molecular weight excluding hydrogens is 421 g/mol. The van der Waals surface area contributed by atoms with Gasteiger partial charge < -0.3 is 15.4 Å². The molecule has 2 heterocycles. The van der Waals surface area contributed by atoms with E-state index in [9.17, 15) is 14.0 Å². The van der Waals surface area contributed by atoms with Crippen molar-refractivity contribution in [1.29, 1.82) is 0 Å². The molecule has 31 heavy (non-hydrogen) atoms. The number of ether oxygens (including phenoxy) is 1. The number of carbonyl (C=O) groups is 2. The van der Waals surface area contributed by atoms with Crippen LogP contribution in [0.5, 0.6) is 5.75 Å². The maximum Gasteiger partial charge on any atom is 0.265 e. The van der Waals surface area contributed by atoms with Crippen molar-refractivity contribution in [3.05, 3.63) is 52.8 Å². The molecule has 8 heteroatoms. The van der Waals surface area contributed by atoms with Gasteiger partial charge in [-0.15, -0.1) is 0 Å². The largest absolute Gasteiger partial charge is 0.480 e. The van der Waals surface area contributed by atoms with Gasteiger partial charge in [-0.25, -0.2) is 4.39 Å². The molecule has 1 saturated heterocycles. The monoisotopic (exact) mass is 445 g/mol. The lowest BCUT2D eigenvalue weighted by Crippen LogP contribution is -2.42. The topological polar surface area (TPSA) is 70.7 Å². The molecule has 0 radical (unpaired) electrons. The van der Waals surface area contributed by atoms with Gasteiger partial charge in [0.05, 0.1) is 12.2 Å². The summed E-state index contributed by atoms with van der Waals surface area (Å²) in [7, 11) is 0. The molecule has 0 aliphatic carbocycles. The van der Waals surface area contributed by atoms with E-state index in [-0.39, 0.29) is 18.1 Å². The summed E-state index contributed by atoms with van der Waals surface area (Å²) in [5, 5.41) is 5.93. The van der Waals surface area contributed by atoms with Gasteiger partial charge in [0.1, 0.15) is 11.6 Å². The third-order valence-corrected chi connectivity index (χ3v) is 6.02. The van der Waals surface area contributed by atoms with Crippen LogP contribution in [0.1, 0.15) is 31.7 Å². The zero-order valence-electron chi connectivity index (χ0n) is 17.3.